The average Bonchev–Trinajstić information content (AvgIpc) is 3.28. The van der Waals surface area contributed by atoms with E-state index in [1.807, 2.05) is 39.8 Å². The van der Waals surface area contributed by atoms with Crippen LogP contribution in [0.25, 0.3) is 10.9 Å². The number of nitrogens with two attached hydrogens (primary N) is 2. The molecule has 0 bridgehead atoms. The number of hydrogen-bond donors (Lipinski definition) is 3. The van der Waals surface area contributed by atoms with Gasteiger partial charge in [-0.3, -0.25) is 24.3 Å². The third-order valence-electron chi connectivity index (χ3n) is 5.75. The van der Waals surface area contributed by atoms with Crippen LogP contribution in [0.1, 0.15) is 59.5 Å². The molecule has 0 saturated carbocycles. The zero-order chi connectivity index (χ0) is 28.3. The number of pyridine rings is 1. The van der Waals surface area contributed by atoms with Crippen LogP contribution in [0.3, 0.4) is 0 Å². The van der Waals surface area contributed by atoms with E-state index in [-0.39, 0.29) is 16.3 Å². The molecule has 4 aromatic rings. The number of rotatable bonds is 8. The van der Waals surface area contributed by atoms with E-state index in [9.17, 15) is 14.4 Å². The highest BCUT2D eigenvalue weighted by Crippen LogP contribution is 2.35. The van der Waals surface area contributed by atoms with Crippen molar-refractivity contribution in [2.24, 2.45) is 5.73 Å². The van der Waals surface area contributed by atoms with Gasteiger partial charge in [0.1, 0.15) is 16.7 Å². The molecule has 0 spiro atoms. The first-order valence-corrected chi connectivity index (χ1v) is 13.1. The predicted octanol–water partition coefficient (Wildman–Crippen LogP) is 4.07. The van der Waals surface area contributed by atoms with Gasteiger partial charge < -0.3 is 21.5 Å². The summed E-state index contributed by atoms with van der Waals surface area (Å²) in [5, 5.41) is 3.80. The Morgan fingerprint density at radius 1 is 1.10 bits per heavy atom. The molecule has 1 unspecified atom stereocenters. The van der Waals surface area contributed by atoms with E-state index in [1.165, 1.54) is 4.90 Å². The third kappa shape index (κ3) is 5.99. The molecule has 0 aliphatic heterocycles. The number of benzene rings is 2. The van der Waals surface area contributed by atoms with Crippen molar-refractivity contribution in [3.63, 3.8) is 0 Å². The van der Waals surface area contributed by atoms with Crippen LogP contribution in [0.4, 0.5) is 11.4 Å². The first kappa shape index (κ1) is 27.5. The summed E-state index contributed by atoms with van der Waals surface area (Å²) >= 11 is 0.753. The van der Waals surface area contributed by atoms with Crippen molar-refractivity contribution in [2.75, 3.05) is 17.2 Å². The van der Waals surface area contributed by atoms with Gasteiger partial charge in [-0.05, 0) is 87.3 Å². The van der Waals surface area contributed by atoms with E-state index in [2.05, 4.69) is 14.7 Å². The zero-order valence-electron chi connectivity index (χ0n) is 22.1. The average molecular weight is 547 g/mol. The lowest BCUT2D eigenvalue weighted by molar-refractivity contribution is -0.123. The van der Waals surface area contributed by atoms with Gasteiger partial charge in [-0.15, -0.1) is 0 Å². The number of nitrogens with one attached hydrogen (secondary N) is 1. The van der Waals surface area contributed by atoms with Gasteiger partial charge in [0.25, 0.3) is 11.8 Å². The lowest BCUT2D eigenvalue weighted by atomic mass is 9.98. The van der Waals surface area contributed by atoms with Crippen LogP contribution < -0.4 is 26.4 Å². The van der Waals surface area contributed by atoms with Gasteiger partial charge in [-0.25, -0.2) is 0 Å². The number of nitrogen functional groups attached to an aromatic ring is 1. The van der Waals surface area contributed by atoms with Crippen molar-refractivity contribution in [2.45, 2.75) is 39.3 Å². The number of nitrogens with zero attached hydrogens (tertiary/aromatic N) is 3. The lowest BCUT2D eigenvalue weighted by Crippen LogP contribution is -2.49. The molecule has 39 heavy (non-hydrogen) atoms. The van der Waals surface area contributed by atoms with E-state index in [1.54, 1.807) is 48.7 Å². The second-order valence-electron chi connectivity index (χ2n) is 9.84. The Morgan fingerprint density at radius 2 is 1.82 bits per heavy atom. The molecular weight excluding hydrogens is 516 g/mol. The first-order valence-electron chi connectivity index (χ1n) is 12.3. The molecule has 2 heterocycles. The quantitative estimate of drug-likeness (QED) is 0.301. The number of ether oxygens (including phenoxy) is 1. The monoisotopic (exact) mass is 546 g/mol. The Hall–Kier alpha value is -4.51. The molecular formula is C28H30N6O4S. The number of anilines is 2. The van der Waals surface area contributed by atoms with E-state index in [0.29, 0.717) is 23.6 Å². The second kappa shape index (κ2) is 11.1. The smallest absolute Gasteiger partial charge is 0.273 e. The molecule has 202 valence electrons. The second-order valence-corrected chi connectivity index (χ2v) is 10.6. The van der Waals surface area contributed by atoms with E-state index >= 15 is 0 Å². The summed E-state index contributed by atoms with van der Waals surface area (Å²) < 4.78 is 9.57. The summed E-state index contributed by atoms with van der Waals surface area (Å²) in [5.41, 5.74) is 12.3. The highest BCUT2D eigenvalue weighted by molar-refractivity contribution is 7.09. The molecule has 10 nitrogen and oxygen atoms in total. The molecule has 3 amide bonds. The van der Waals surface area contributed by atoms with E-state index < -0.39 is 29.3 Å². The molecule has 11 heteroatoms. The minimum atomic E-state index is -1.11. The number of carbonyl (C=O) groups excluding carboxylic acids is 3. The zero-order valence-corrected chi connectivity index (χ0v) is 22.9. The maximum atomic E-state index is 14.2. The Kier molecular flexibility index (Phi) is 7.82. The number of aromatic nitrogens is 2. The number of primary amides is 1. The molecule has 1 atom stereocenters. The number of hydrogen-bond acceptors (Lipinski definition) is 8. The molecule has 0 aliphatic rings. The molecule has 4 rings (SSSR count). The molecule has 0 aliphatic carbocycles. The Balaban J connectivity index is 1.93. The molecule has 0 radical (unpaired) electrons. The molecule has 0 fully saturated rings. The summed E-state index contributed by atoms with van der Waals surface area (Å²) in [6, 6.07) is 14.8. The fourth-order valence-corrected chi connectivity index (χ4v) is 4.85. The van der Waals surface area contributed by atoms with Crippen molar-refractivity contribution in [3.8, 4) is 5.75 Å². The predicted molar refractivity (Wildman–Crippen MR) is 152 cm³/mol. The summed E-state index contributed by atoms with van der Waals surface area (Å²) in [6.45, 7) is 7.91. The summed E-state index contributed by atoms with van der Waals surface area (Å²) in [5.74, 6) is -1.26. The molecule has 0 saturated heterocycles. The standard InChI is InChI=1S/C28H30N6O4S/c1-5-38-19-11-9-18(10-12-19)34(27(37)24-21(29)22(25(30)35)33-39-24)23(26(36)32-28(2,3)4)17-8-13-20-16(15-17)7-6-14-31-20/h6-15,23H,5,29H2,1-4H3,(H2,30,35)(H,32,36). The van der Waals surface area contributed by atoms with E-state index in [4.69, 9.17) is 16.2 Å². The van der Waals surface area contributed by atoms with Gasteiger partial charge in [0, 0.05) is 22.8 Å². The maximum absolute atomic E-state index is 14.2. The van der Waals surface area contributed by atoms with Crippen molar-refractivity contribution < 1.29 is 19.1 Å². The fourth-order valence-electron chi connectivity index (χ4n) is 4.11. The van der Waals surface area contributed by atoms with Crippen molar-refractivity contribution in [1.29, 1.82) is 0 Å². The molecule has 5 N–H and O–H groups in total. The van der Waals surface area contributed by atoms with Crippen molar-refractivity contribution in [3.05, 3.63) is 76.9 Å². The topological polar surface area (TPSA) is 154 Å². The largest absolute Gasteiger partial charge is 0.494 e. The van der Waals surface area contributed by atoms with Gasteiger partial charge in [-0.2, -0.15) is 4.37 Å². The maximum Gasteiger partial charge on any atom is 0.273 e. The first-order chi connectivity index (χ1) is 18.5. The van der Waals surface area contributed by atoms with Crippen molar-refractivity contribution >= 4 is 51.5 Å². The van der Waals surface area contributed by atoms with Crippen LogP contribution in [0.15, 0.2) is 60.8 Å². The highest BCUT2D eigenvalue weighted by Gasteiger charge is 2.37. The summed E-state index contributed by atoms with van der Waals surface area (Å²) in [4.78, 5) is 45.7. The van der Waals surface area contributed by atoms with Gasteiger partial charge in [0.05, 0.1) is 17.8 Å². The van der Waals surface area contributed by atoms with Crippen LogP contribution >= 0.6 is 11.5 Å². The SMILES string of the molecule is CCOc1ccc(N(C(=O)c2snc(C(N)=O)c2N)C(C(=O)NC(C)(C)C)c2ccc3ncccc3c2)cc1. The Bertz CT molecular complexity index is 1530. The van der Waals surface area contributed by atoms with Gasteiger partial charge >= 0.3 is 0 Å². The Labute approximate surface area is 230 Å². The van der Waals surface area contributed by atoms with Crippen LogP contribution in [-0.2, 0) is 4.79 Å². The van der Waals surface area contributed by atoms with Crippen LogP contribution in [0, 0.1) is 0 Å². The minimum absolute atomic E-state index is 0.00583. The van der Waals surface area contributed by atoms with Gasteiger partial charge in [0.2, 0.25) is 5.91 Å². The minimum Gasteiger partial charge on any atom is -0.494 e. The van der Waals surface area contributed by atoms with Crippen LogP contribution in [-0.4, -0.2) is 39.2 Å². The molecule has 2 aromatic carbocycles. The lowest BCUT2D eigenvalue weighted by Gasteiger charge is -2.33. The van der Waals surface area contributed by atoms with Gasteiger partial charge in [-0.1, -0.05) is 12.1 Å². The normalized spacial score (nSPS) is 12.1. The van der Waals surface area contributed by atoms with Crippen LogP contribution in [0.2, 0.25) is 0 Å². The number of carbonyl (C=O) groups is 3. The molecule has 2 aromatic heterocycles. The summed E-state index contributed by atoms with van der Waals surface area (Å²) in [6.07, 6.45) is 1.68. The summed E-state index contributed by atoms with van der Waals surface area (Å²) in [7, 11) is 0. The van der Waals surface area contributed by atoms with Crippen molar-refractivity contribution in [1.82, 2.24) is 14.7 Å². The van der Waals surface area contributed by atoms with Gasteiger partial charge in [0.15, 0.2) is 5.69 Å². The van der Waals surface area contributed by atoms with Crippen LogP contribution in [0.5, 0.6) is 5.75 Å². The third-order valence-corrected chi connectivity index (χ3v) is 6.60. The Morgan fingerprint density at radius 3 is 2.44 bits per heavy atom. The highest BCUT2D eigenvalue weighted by atomic mass is 32.1. The number of amides is 3. The number of fused-ring (bicyclic) bond motifs is 1. The van der Waals surface area contributed by atoms with E-state index in [0.717, 1.165) is 22.4 Å². The fraction of sp³-hybridized carbons (Fsp3) is 0.250.